The number of benzene rings is 2. The normalized spacial score (nSPS) is 12.3. The molecule has 0 amide bonds. The Bertz CT molecular complexity index is 758. The predicted octanol–water partition coefficient (Wildman–Crippen LogP) is 4.74. The summed E-state index contributed by atoms with van der Waals surface area (Å²) in [5.41, 5.74) is 0.691. The second-order valence-electron chi connectivity index (χ2n) is 4.73. The Morgan fingerprint density at radius 1 is 1.14 bits per heavy atom. The maximum Gasteiger partial charge on any atom is 0.238 e. The standard InChI is InChI=1S/C17H13ClO3/c1-11(20-14-7-4-6-13(18)10-14)17(19)16-9-12-5-2-3-8-15(12)21-16/h2-11H,1H3. The van der Waals surface area contributed by atoms with Gasteiger partial charge >= 0.3 is 0 Å². The number of Topliss-reactive ketones (excluding diaryl/α,β-unsaturated/α-hetero) is 1. The van der Waals surface area contributed by atoms with Gasteiger partial charge in [0.05, 0.1) is 0 Å². The van der Waals surface area contributed by atoms with Crippen LogP contribution in [0.1, 0.15) is 17.5 Å². The van der Waals surface area contributed by atoms with Crippen molar-refractivity contribution in [2.24, 2.45) is 0 Å². The lowest BCUT2D eigenvalue weighted by molar-refractivity contribution is 0.0791. The number of carbonyl (C=O) groups excluding carboxylic acids is 1. The van der Waals surface area contributed by atoms with E-state index in [2.05, 4.69) is 0 Å². The minimum Gasteiger partial charge on any atom is -0.482 e. The minimum absolute atomic E-state index is 0.203. The van der Waals surface area contributed by atoms with Gasteiger partial charge in [0.2, 0.25) is 5.78 Å². The van der Waals surface area contributed by atoms with Crippen LogP contribution >= 0.6 is 11.6 Å². The van der Waals surface area contributed by atoms with Crippen molar-refractivity contribution in [3.8, 4) is 5.75 Å². The average Bonchev–Trinajstić information content (AvgIpc) is 2.90. The first-order valence-electron chi connectivity index (χ1n) is 6.58. The predicted molar refractivity (Wildman–Crippen MR) is 82.1 cm³/mol. The van der Waals surface area contributed by atoms with E-state index in [9.17, 15) is 4.79 Å². The average molecular weight is 301 g/mol. The van der Waals surface area contributed by atoms with Crippen LogP contribution in [0.4, 0.5) is 0 Å². The summed E-state index contributed by atoms with van der Waals surface area (Å²) >= 11 is 5.89. The Balaban J connectivity index is 1.80. The molecule has 21 heavy (non-hydrogen) atoms. The molecule has 2 aromatic carbocycles. The fraction of sp³-hybridized carbons (Fsp3) is 0.118. The molecule has 4 heteroatoms. The van der Waals surface area contributed by atoms with E-state index >= 15 is 0 Å². The fourth-order valence-electron chi connectivity index (χ4n) is 2.10. The van der Waals surface area contributed by atoms with Gasteiger partial charge in [-0.05, 0) is 37.3 Å². The number of furan rings is 1. The Morgan fingerprint density at radius 2 is 1.95 bits per heavy atom. The summed E-state index contributed by atoms with van der Waals surface area (Å²) in [6, 6.07) is 16.2. The zero-order valence-corrected chi connectivity index (χ0v) is 12.1. The van der Waals surface area contributed by atoms with Crippen LogP contribution in [0.2, 0.25) is 5.02 Å². The number of rotatable bonds is 4. The fourth-order valence-corrected chi connectivity index (χ4v) is 2.28. The van der Waals surface area contributed by atoms with Crippen molar-refractivity contribution >= 4 is 28.4 Å². The molecule has 0 N–H and O–H groups in total. The van der Waals surface area contributed by atoms with Crippen LogP contribution < -0.4 is 4.74 Å². The van der Waals surface area contributed by atoms with Gasteiger partial charge in [-0.3, -0.25) is 4.79 Å². The number of para-hydroxylation sites is 1. The van der Waals surface area contributed by atoms with E-state index < -0.39 is 6.10 Å². The van der Waals surface area contributed by atoms with Crippen molar-refractivity contribution in [3.05, 3.63) is 65.4 Å². The Kier molecular flexibility index (Phi) is 3.67. The van der Waals surface area contributed by atoms with E-state index in [1.54, 1.807) is 37.3 Å². The SMILES string of the molecule is CC(Oc1cccc(Cl)c1)C(=O)c1cc2ccccc2o1. The number of hydrogen-bond donors (Lipinski definition) is 0. The molecule has 0 spiro atoms. The Labute approximate surface area is 127 Å². The first-order valence-corrected chi connectivity index (χ1v) is 6.96. The molecule has 0 aliphatic heterocycles. The third kappa shape index (κ3) is 2.93. The van der Waals surface area contributed by atoms with E-state index in [1.165, 1.54) is 0 Å². The summed E-state index contributed by atoms with van der Waals surface area (Å²) < 4.78 is 11.2. The zero-order valence-electron chi connectivity index (χ0n) is 11.4. The van der Waals surface area contributed by atoms with Crippen molar-refractivity contribution in [3.63, 3.8) is 0 Å². The van der Waals surface area contributed by atoms with Crippen LogP contribution in [0.5, 0.6) is 5.75 Å². The Hall–Kier alpha value is -2.26. The summed E-state index contributed by atoms with van der Waals surface area (Å²) in [5.74, 6) is 0.649. The third-order valence-electron chi connectivity index (χ3n) is 3.15. The first kappa shape index (κ1) is 13.7. The zero-order chi connectivity index (χ0) is 14.8. The number of ketones is 1. The molecule has 3 aromatic rings. The van der Waals surface area contributed by atoms with Gasteiger partial charge < -0.3 is 9.15 Å². The molecule has 0 aliphatic carbocycles. The van der Waals surface area contributed by atoms with Crippen LogP contribution in [0.15, 0.2) is 59.0 Å². The highest BCUT2D eigenvalue weighted by atomic mass is 35.5. The summed E-state index contributed by atoms with van der Waals surface area (Å²) in [6.07, 6.45) is -0.649. The van der Waals surface area contributed by atoms with Crippen LogP contribution in [0, 0.1) is 0 Å². The number of carbonyl (C=O) groups is 1. The van der Waals surface area contributed by atoms with Gasteiger partial charge in [-0.25, -0.2) is 0 Å². The van der Waals surface area contributed by atoms with E-state index in [1.807, 2.05) is 24.3 Å². The van der Waals surface area contributed by atoms with Crippen LogP contribution in [-0.2, 0) is 0 Å². The lowest BCUT2D eigenvalue weighted by atomic mass is 10.2. The molecular formula is C17H13ClO3. The smallest absolute Gasteiger partial charge is 0.238 e. The quantitative estimate of drug-likeness (QED) is 0.654. The van der Waals surface area contributed by atoms with Crippen molar-refractivity contribution in [2.75, 3.05) is 0 Å². The Morgan fingerprint density at radius 3 is 2.71 bits per heavy atom. The molecule has 1 heterocycles. The number of fused-ring (bicyclic) bond motifs is 1. The lowest BCUT2D eigenvalue weighted by Crippen LogP contribution is -2.23. The van der Waals surface area contributed by atoms with Gasteiger partial charge in [-0.1, -0.05) is 35.9 Å². The van der Waals surface area contributed by atoms with E-state index in [0.717, 1.165) is 5.39 Å². The molecule has 0 bridgehead atoms. The molecule has 1 unspecified atom stereocenters. The van der Waals surface area contributed by atoms with Crippen LogP contribution in [0.25, 0.3) is 11.0 Å². The molecule has 1 aromatic heterocycles. The van der Waals surface area contributed by atoms with E-state index in [0.29, 0.717) is 22.1 Å². The molecule has 0 aliphatic rings. The highest BCUT2D eigenvalue weighted by Gasteiger charge is 2.21. The first-order chi connectivity index (χ1) is 10.1. The van der Waals surface area contributed by atoms with Crippen LogP contribution in [0.3, 0.4) is 0 Å². The molecule has 106 valence electrons. The third-order valence-corrected chi connectivity index (χ3v) is 3.38. The highest BCUT2D eigenvalue weighted by molar-refractivity contribution is 6.30. The maximum absolute atomic E-state index is 12.4. The monoisotopic (exact) mass is 300 g/mol. The van der Waals surface area contributed by atoms with Crippen LogP contribution in [-0.4, -0.2) is 11.9 Å². The molecule has 0 saturated heterocycles. The van der Waals surface area contributed by atoms with Gasteiger partial charge in [-0.15, -0.1) is 0 Å². The van der Waals surface area contributed by atoms with Gasteiger partial charge in [-0.2, -0.15) is 0 Å². The van der Waals surface area contributed by atoms with Crippen molar-refractivity contribution in [1.82, 2.24) is 0 Å². The summed E-state index contributed by atoms with van der Waals surface area (Å²) in [7, 11) is 0. The number of ether oxygens (including phenoxy) is 1. The second kappa shape index (κ2) is 5.62. The minimum atomic E-state index is -0.649. The van der Waals surface area contributed by atoms with Gasteiger partial charge in [0, 0.05) is 10.4 Å². The van der Waals surface area contributed by atoms with E-state index in [4.69, 9.17) is 20.8 Å². The van der Waals surface area contributed by atoms with Crippen molar-refractivity contribution in [2.45, 2.75) is 13.0 Å². The van der Waals surface area contributed by atoms with E-state index in [-0.39, 0.29) is 5.78 Å². The highest BCUT2D eigenvalue weighted by Crippen LogP contribution is 2.22. The number of halogens is 1. The molecule has 3 rings (SSSR count). The van der Waals surface area contributed by atoms with Gasteiger partial charge in [0.15, 0.2) is 11.9 Å². The molecule has 0 fully saturated rings. The second-order valence-corrected chi connectivity index (χ2v) is 5.17. The topological polar surface area (TPSA) is 39.4 Å². The molecule has 1 atom stereocenters. The van der Waals surface area contributed by atoms with Crippen molar-refractivity contribution < 1.29 is 13.9 Å². The molecular weight excluding hydrogens is 288 g/mol. The summed E-state index contributed by atoms with van der Waals surface area (Å²) in [4.78, 5) is 12.4. The van der Waals surface area contributed by atoms with Gasteiger partial charge in [0.25, 0.3) is 0 Å². The maximum atomic E-state index is 12.4. The molecule has 0 saturated carbocycles. The lowest BCUT2D eigenvalue weighted by Gasteiger charge is -2.12. The largest absolute Gasteiger partial charge is 0.482 e. The molecule has 3 nitrogen and oxygen atoms in total. The van der Waals surface area contributed by atoms with Gasteiger partial charge in [0.1, 0.15) is 11.3 Å². The molecule has 0 radical (unpaired) electrons. The summed E-state index contributed by atoms with van der Waals surface area (Å²) in [6.45, 7) is 1.69. The van der Waals surface area contributed by atoms with Crippen molar-refractivity contribution in [1.29, 1.82) is 0 Å². The summed E-state index contributed by atoms with van der Waals surface area (Å²) in [5, 5.41) is 1.46. The number of hydrogen-bond acceptors (Lipinski definition) is 3.